The highest BCUT2D eigenvalue weighted by molar-refractivity contribution is 6.12. The maximum absolute atomic E-state index is 12.5. The molecule has 0 aliphatic carbocycles. The Morgan fingerprint density at radius 3 is 2.14 bits per heavy atom. The summed E-state index contributed by atoms with van der Waals surface area (Å²) >= 11 is 0. The number of pyridine rings is 1. The van der Waals surface area contributed by atoms with Gasteiger partial charge in [-0.05, 0) is 18.2 Å². The molecule has 0 unspecified atom stereocenters. The van der Waals surface area contributed by atoms with E-state index in [2.05, 4.69) is 11.1 Å². The minimum absolute atomic E-state index is 0.369. The van der Waals surface area contributed by atoms with E-state index in [-0.39, 0.29) is 5.97 Å². The summed E-state index contributed by atoms with van der Waals surface area (Å²) in [5, 5.41) is 1.75. The number of aryl methyl sites for hydroxylation is 1. The summed E-state index contributed by atoms with van der Waals surface area (Å²) < 4.78 is 7.31. The van der Waals surface area contributed by atoms with E-state index in [1.54, 1.807) is 12.2 Å². The molecule has 1 aromatic heterocycles. The first kappa shape index (κ1) is 14.0. The van der Waals surface area contributed by atoms with Gasteiger partial charge in [0.15, 0.2) is 0 Å². The second-order valence-corrected chi connectivity index (χ2v) is 4.94. The van der Waals surface area contributed by atoms with Crippen LogP contribution in [0.5, 0.6) is 0 Å². The molecule has 0 saturated heterocycles. The Morgan fingerprint density at radius 2 is 1.59 bits per heavy atom. The van der Waals surface area contributed by atoms with Crippen LogP contribution in [0.3, 0.4) is 0 Å². The van der Waals surface area contributed by atoms with Crippen molar-refractivity contribution in [2.24, 2.45) is 7.05 Å². The fourth-order valence-electron chi connectivity index (χ4n) is 2.67. The standard InChI is InChI=1S/C19H16NO2/c1-3-4-13-22-19(21)18-14-9-5-7-11-16(14)20(2)17-12-8-6-10-15(17)18/h3-13H,1H2,2H3/q+1/b13-4+. The van der Waals surface area contributed by atoms with Crippen molar-refractivity contribution in [2.45, 2.75) is 0 Å². The van der Waals surface area contributed by atoms with Crippen molar-refractivity contribution in [1.29, 1.82) is 0 Å². The van der Waals surface area contributed by atoms with E-state index in [0.29, 0.717) is 5.56 Å². The number of carbonyl (C=O) groups excluding carboxylic acids is 1. The van der Waals surface area contributed by atoms with Crippen molar-refractivity contribution in [2.75, 3.05) is 0 Å². The number of hydrogen-bond acceptors (Lipinski definition) is 2. The fraction of sp³-hybridized carbons (Fsp3) is 0.0526. The van der Waals surface area contributed by atoms with Crippen LogP contribution in [-0.2, 0) is 11.8 Å². The summed E-state index contributed by atoms with van der Waals surface area (Å²) in [7, 11) is 2.00. The van der Waals surface area contributed by atoms with Crippen LogP contribution in [0.4, 0.5) is 0 Å². The summed E-state index contributed by atoms with van der Waals surface area (Å²) in [5.74, 6) is -0.369. The zero-order valence-corrected chi connectivity index (χ0v) is 12.3. The van der Waals surface area contributed by atoms with Gasteiger partial charge in [-0.3, -0.25) is 0 Å². The van der Waals surface area contributed by atoms with Crippen LogP contribution < -0.4 is 4.57 Å². The lowest BCUT2D eigenvalue weighted by Crippen LogP contribution is -2.31. The quantitative estimate of drug-likeness (QED) is 0.242. The third kappa shape index (κ3) is 2.27. The van der Waals surface area contributed by atoms with E-state index in [1.165, 1.54) is 6.26 Å². The van der Waals surface area contributed by atoms with Crippen LogP contribution in [-0.4, -0.2) is 5.97 Å². The first-order valence-corrected chi connectivity index (χ1v) is 7.02. The summed E-state index contributed by atoms with van der Waals surface area (Å²) in [4.78, 5) is 12.5. The lowest BCUT2D eigenvalue weighted by molar-refractivity contribution is -0.617. The third-order valence-corrected chi connectivity index (χ3v) is 3.66. The van der Waals surface area contributed by atoms with Gasteiger partial charge in [0.05, 0.1) is 22.6 Å². The van der Waals surface area contributed by atoms with Crippen molar-refractivity contribution in [3.8, 4) is 0 Å². The Bertz CT molecular complexity index is 853. The summed E-state index contributed by atoms with van der Waals surface area (Å²) in [6, 6.07) is 15.6. The Hall–Kier alpha value is -2.94. The van der Waals surface area contributed by atoms with E-state index in [0.717, 1.165) is 21.8 Å². The molecule has 3 rings (SSSR count). The van der Waals surface area contributed by atoms with Gasteiger partial charge in [0.25, 0.3) is 0 Å². The monoisotopic (exact) mass is 290 g/mol. The Balaban J connectivity index is 2.34. The Morgan fingerprint density at radius 1 is 1.05 bits per heavy atom. The average Bonchev–Trinajstić information content (AvgIpc) is 2.55. The van der Waals surface area contributed by atoms with Crippen molar-refractivity contribution in [3.63, 3.8) is 0 Å². The zero-order valence-electron chi connectivity index (χ0n) is 12.3. The molecule has 0 saturated carbocycles. The van der Waals surface area contributed by atoms with Crippen LogP contribution in [0, 0.1) is 0 Å². The number of esters is 1. The largest absolute Gasteiger partial charge is 0.431 e. The zero-order chi connectivity index (χ0) is 15.5. The highest BCUT2D eigenvalue weighted by Crippen LogP contribution is 2.25. The van der Waals surface area contributed by atoms with Gasteiger partial charge in [0.1, 0.15) is 7.05 Å². The van der Waals surface area contributed by atoms with Crippen LogP contribution in [0.2, 0.25) is 0 Å². The second-order valence-electron chi connectivity index (χ2n) is 4.94. The Kier molecular flexibility index (Phi) is 3.71. The number of ether oxygens (including phenoxy) is 1. The van der Waals surface area contributed by atoms with E-state index < -0.39 is 0 Å². The number of benzene rings is 2. The molecule has 2 aromatic carbocycles. The van der Waals surface area contributed by atoms with Crippen molar-refractivity contribution in [3.05, 3.63) is 79.1 Å². The van der Waals surface area contributed by atoms with Crippen LogP contribution >= 0.6 is 0 Å². The molecule has 3 aromatic rings. The van der Waals surface area contributed by atoms with Crippen LogP contribution in [0.25, 0.3) is 21.8 Å². The first-order valence-electron chi connectivity index (χ1n) is 7.02. The number of nitrogens with zero attached hydrogens (tertiary/aromatic N) is 1. The molecule has 1 heterocycles. The maximum Gasteiger partial charge on any atom is 0.344 e. The number of carbonyl (C=O) groups is 1. The average molecular weight is 290 g/mol. The molecule has 0 N–H and O–H groups in total. The lowest BCUT2D eigenvalue weighted by atomic mass is 10.0. The molecule has 3 heteroatoms. The van der Waals surface area contributed by atoms with E-state index in [4.69, 9.17) is 4.74 Å². The molecule has 108 valence electrons. The molecule has 0 radical (unpaired) electrons. The van der Waals surface area contributed by atoms with Gasteiger partial charge in [-0.25, -0.2) is 4.79 Å². The molecule has 0 spiro atoms. The molecule has 22 heavy (non-hydrogen) atoms. The number of hydrogen-bond donors (Lipinski definition) is 0. The molecule has 0 aliphatic heterocycles. The molecule has 0 atom stereocenters. The van der Waals surface area contributed by atoms with E-state index >= 15 is 0 Å². The number of aromatic nitrogens is 1. The van der Waals surface area contributed by atoms with E-state index in [9.17, 15) is 4.79 Å². The van der Waals surface area contributed by atoms with Crippen molar-refractivity contribution < 1.29 is 14.1 Å². The highest BCUT2D eigenvalue weighted by Gasteiger charge is 2.22. The number of fused-ring (bicyclic) bond motifs is 2. The number of rotatable bonds is 3. The van der Waals surface area contributed by atoms with Gasteiger partial charge in [0.2, 0.25) is 11.0 Å². The van der Waals surface area contributed by atoms with Crippen molar-refractivity contribution in [1.82, 2.24) is 0 Å². The van der Waals surface area contributed by atoms with Crippen LogP contribution in [0.1, 0.15) is 10.4 Å². The van der Waals surface area contributed by atoms with Gasteiger partial charge in [0, 0.05) is 12.1 Å². The minimum Gasteiger partial charge on any atom is -0.431 e. The molecule has 0 bridgehead atoms. The predicted molar refractivity (Wildman–Crippen MR) is 87.4 cm³/mol. The summed E-state index contributed by atoms with van der Waals surface area (Å²) in [5.41, 5.74) is 2.56. The second kappa shape index (κ2) is 5.82. The maximum atomic E-state index is 12.5. The summed E-state index contributed by atoms with van der Waals surface area (Å²) in [6.45, 7) is 3.56. The van der Waals surface area contributed by atoms with Crippen LogP contribution in [0.15, 0.2) is 73.5 Å². The molecular weight excluding hydrogens is 274 g/mol. The lowest BCUT2D eigenvalue weighted by Gasteiger charge is -2.08. The Labute approximate surface area is 128 Å². The third-order valence-electron chi connectivity index (χ3n) is 3.66. The molecule has 0 fully saturated rings. The van der Waals surface area contributed by atoms with Gasteiger partial charge in [-0.2, -0.15) is 4.57 Å². The van der Waals surface area contributed by atoms with Gasteiger partial charge < -0.3 is 4.74 Å². The first-order chi connectivity index (χ1) is 10.7. The molecule has 3 nitrogen and oxygen atoms in total. The smallest absolute Gasteiger partial charge is 0.344 e. The normalized spacial score (nSPS) is 11.1. The molecule has 0 amide bonds. The molecular formula is C19H16NO2+. The SMILES string of the molecule is C=C/C=C/OC(=O)c1c2ccccc2[n+](C)c2ccccc12. The van der Waals surface area contributed by atoms with Gasteiger partial charge >= 0.3 is 5.97 Å². The summed E-state index contributed by atoms with van der Waals surface area (Å²) in [6.07, 6.45) is 4.51. The van der Waals surface area contributed by atoms with E-state index in [1.807, 2.05) is 55.6 Å². The number of allylic oxidation sites excluding steroid dienone is 2. The highest BCUT2D eigenvalue weighted by atomic mass is 16.5. The number of para-hydroxylation sites is 2. The fourth-order valence-corrected chi connectivity index (χ4v) is 2.67. The predicted octanol–water partition coefficient (Wildman–Crippen LogP) is 3.67. The topological polar surface area (TPSA) is 30.2 Å². The van der Waals surface area contributed by atoms with Gasteiger partial charge in [-0.1, -0.05) is 36.9 Å². The minimum atomic E-state index is -0.369. The molecule has 0 aliphatic rings. The van der Waals surface area contributed by atoms with Crippen molar-refractivity contribution >= 4 is 27.8 Å². The van der Waals surface area contributed by atoms with Gasteiger partial charge in [-0.15, -0.1) is 0 Å².